The van der Waals surface area contributed by atoms with Crippen LogP contribution < -0.4 is 10.1 Å². The Bertz CT molecular complexity index is 734. The lowest BCUT2D eigenvalue weighted by Crippen LogP contribution is -2.42. The number of sulfonamides is 1. The number of rotatable bonds is 7. The first kappa shape index (κ1) is 21.7. The van der Waals surface area contributed by atoms with E-state index in [0.717, 1.165) is 28.6 Å². The minimum Gasteiger partial charge on any atom is -0.450 e. The molecule has 0 aliphatic rings. The molecule has 0 aliphatic heterocycles. The molecule has 0 aromatic heterocycles. The van der Waals surface area contributed by atoms with Crippen molar-refractivity contribution in [2.24, 2.45) is 0 Å². The Balaban J connectivity index is 2.88. The molecule has 0 unspecified atom stereocenters. The van der Waals surface area contributed by atoms with Gasteiger partial charge in [0.15, 0.2) is 0 Å². The van der Waals surface area contributed by atoms with Crippen molar-refractivity contribution in [1.82, 2.24) is 9.62 Å². The van der Waals surface area contributed by atoms with Crippen LogP contribution in [0.1, 0.15) is 13.8 Å². The Morgan fingerprint density at radius 1 is 1.15 bits per heavy atom. The van der Waals surface area contributed by atoms with Gasteiger partial charge in [-0.25, -0.2) is 13.2 Å². The average molecular weight is 398 g/mol. The summed E-state index contributed by atoms with van der Waals surface area (Å²) in [6.07, 6.45) is -5.92. The highest BCUT2D eigenvalue weighted by Crippen LogP contribution is 2.25. The zero-order valence-electron chi connectivity index (χ0n) is 13.9. The van der Waals surface area contributed by atoms with Crippen LogP contribution in [0, 0.1) is 0 Å². The molecule has 1 aromatic rings. The van der Waals surface area contributed by atoms with Gasteiger partial charge in [0, 0.05) is 6.54 Å². The van der Waals surface area contributed by atoms with Crippen molar-refractivity contribution < 1.29 is 40.7 Å². The fraction of sp³-hybridized carbons (Fsp3) is 0.429. The summed E-state index contributed by atoms with van der Waals surface area (Å²) in [5.74, 6) is -1.49. The number of alkyl carbamates (subject to hydrolysis) is 1. The topological polar surface area (TPSA) is 102 Å². The van der Waals surface area contributed by atoms with E-state index in [1.807, 2.05) is 5.32 Å². The van der Waals surface area contributed by atoms with Crippen molar-refractivity contribution in [3.05, 3.63) is 24.3 Å². The van der Waals surface area contributed by atoms with E-state index >= 15 is 0 Å². The maximum Gasteiger partial charge on any atom is 0.573 e. The number of nitrogens with zero attached hydrogens (tertiary/aromatic N) is 1. The van der Waals surface area contributed by atoms with Gasteiger partial charge in [-0.15, -0.1) is 13.2 Å². The minimum atomic E-state index is -4.90. The molecule has 0 saturated heterocycles. The molecule has 0 heterocycles. The van der Waals surface area contributed by atoms with E-state index in [9.17, 15) is 31.2 Å². The normalized spacial score (nSPS) is 11.9. The quantitative estimate of drug-likeness (QED) is 0.752. The molecule has 0 aliphatic carbocycles. The van der Waals surface area contributed by atoms with Gasteiger partial charge in [-0.2, -0.15) is 4.31 Å². The number of halogens is 3. The number of benzene rings is 1. The standard InChI is InChI=1S/C14H17F3N2O6S/c1-3-19(9-12(20)18-13(21)24-4-2)26(22,23)11-7-5-10(6-8-11)25-14(15,16)17/h5-8H,3-4,9H2,1-2H3,(H,18,20,21). The van der Waals surface area contributed by atoms with E-state index in [1.54, 1.807) is 0 Å². The molecule has 0 fully saturated rings. The number of nitrogens with one attached hydrogen (secondary N) is 1. The number of amides is 2. The van der Waals surface area contributed by atoms with E-state index in [1.165, 1.54) is 13.8 Å². The summed E-state index contributed by atoms with van der Waals surface area (Å²) in [5, 5.41) is 1.85. The summed E-state index contributed by atoms with van der Waals surface area (Å²) < 4.78 is 70.3. The van der Waals surface area contributed by atoms with E-state index in [4.69, 9.17) is 0 Å². The van der Waals surface area contributed by atoms with Crippen LogP contribution in [0.15, 0.2) is 29.2 Å². The first-order valence-corrected chi connectivity index (χ1v) is 8.76. The van der Waals surface area contributed by atoms with E-state index in [-0.39, 0.29) is 18.0 Å². The molecule has 2 amide bonds. The third kappa shape index (κ3) is 6.52. The van der Waals surface area contributed by atoms with Crippen LogP contribution in [0.25, 0.3) is 0 Å². The molecule has 26 heavy (non-hydrogen) atoms. The van der Waals surface area contributed by atoms with Crippen LogP contribution in [0.4, 0.5) is 18.0 Å². The Morgan fingerprint density at radius 3 is 2.19 bits per heavy atom. The third-order valence-electron chi connectivity index (χ3n) is 2.88. The molecule has 0 saturated carbocycles. The fourth-order valence-electron chi connectivity index (χ4n) is 1.81. The van der Waals surface area contributed by atoms with Gasteiger partial charge in [0.25, 0.3) is 0 Å². The summed E-state index contributed by atoms with van der Waals surface area (Å²) >= 11 is 0. The highest BCUT2D eigenvalue weighted by molar-refractivity contribution is 7.89. The zero-order valence-corrected chi connectivity index (χ0v) is 14.7. The highest BCUT2D eigenvalue weighted by Gasteiger charge is 2.31. The smallest absolute Gasteiger partial charge is 0.450 e. The van der Waals surface area contributed by atoms with E-state index < -0.39 is 40.7 Å². The molecule has 0 bridgehead atoms. The monoisotopic (exact) mass is 398 g/mol. The molecule has 8 nitrogen and oxygen atoms in total. The maximum atomic E-state index is 12.5. The van der Waals surface area contributed by atoms with Gasteiger partial charge in [0.1, 0.15) is 5.75 Å². The highest BCUT2D eigenvalue weighted by atomic mass is 32.2. The van der Waals surface area contributed by atoms with Crippen molar-refractivity contribution in [3.63, 3.8) is 0 Å². The number of alkyl halides is 3. The van der Waals surface area contributed by atoms with Crippen molar-refractivity contribution in [2.75, 3.05) is 19.7 Å². The lowest BCUT2D eigenvalue weighted by Gasteiger charge is -2.20. The Hall–Kier alpha value is -2.34. The number of ether oxygens (including phenoxy) is 2. The van der Waals surface area contributed by atoms with Crippen molar-refractivity contribution >= 4 is 22.0 Å². The summed E-state index contributed by atoms with van der Waals surface area (Å²) in [5.41, 5.74) is 0. The molecular weight excluding hydrogens is 381 g/mol. The van der Waals surface area contributed by atoms with Crippen LogP contribution >= 0.6 is 0 Å². The zero-order chi connectivity index (χ0) is 20.0. The van der Waals surface area contributed by atoms with E-state index in [0.29, 0.717) is 0 Å². The first-order valence-electron chi connectivity index (χ1n) is 7.32. The largest absolute Gasteiger partial charge is 0.573 e. The van der Waals surface area contributed by atoms with Gasteiger partial charge in [0.05, 0.1) is 18.0 Å². The van der Waals surface area contributed by atoms with Gasteiger partial charge in [-0.05, 0) is 31.2 Å². The van der Waals surface area contributed by atoms with Crippen molar-refractivity contribution in [1.29, 1.82) is 0 Å². The van der Waals surface area contributed by atoms with Gasteiger partial charge < -0.3 is 9.47 Å². The fourth-order valence-corrected chi connectivity index (χ4v) is 3.22. The summed E-state index contributed by atoms with van der Waals surface area (Å²) in [4.78, 5) is 22.6. The summed E-state index contributed by atoms with van der Waals surface area (Å²) in [6, 6.07) is 3.52. The predicted molar refractivity (Wildman–Crippen MR) is 82.7 cm³/mol. The molecule has 1 rings (SSSR count). The van der Waals surface area contributed by atoms with Crippen LogP contribution in [-0.2, 0) is 19.6 Å². The molecule has 146 valence electrons. The number of carbonyl (C=O) groups is 2. The molecule has 12 heteroatoms. The number of likely N-dealkylation sites (N-methyl/N-ethyl adjacent to an activating group) is 1. The van der Waals surface area contributed by atoms with Crippen LogP contribution in [-0.4, -0.2) is 50.8 Å². The van der Waals surface area contributed by atoms with Crippen LogP contribution in [0.5, 0.6) is 5.75 Å². The summed E-state index contributed by atoms with van der Waals surface area (Å²) in [6.45, 7) is 2.23. The summed E-state index contributed by atoms with van der Waals surface area (Å²) in [7, 11) is -4.17. The minimum absolute atomic E-state index is 0.0290. The molecule has 1 N–H and O–H groups in total. The Labute approximate surface area is 147 Å². The molecule has 0 atom stereocenters. The lowest BCUT2D eigenvalue weighted by atomic mass is 10.3. The SMILES string of the molecule is CCOC(=O)NC(=O)CN(CC)S(=O)(=O)c1ccc(OC(F)(F)F)cc1. The second-order valence-corrected chi connectivity index (χ2v) is 6.66. The van der Waals surface area contributed by atoms with Gasteiger partial charge in [-0.3, -0.25) is 10.1 Å². The van der Waals surface area contributed by atoms with Crippen molar-refractivity contribution in [2.45, 2.75) is 25.1 Å². The second kappa shape index (κ2) is 8.85. The average Bonchev–Trinajstić information content (AvgIpc) is 2.51. The van der Waals surface area contributed by atoms with Gasteiger partial charge in [0.2, 0.25) is 15.9 Å². The molecule has 0 radical (unpaired) electrons. The second-order valence-electron chi connectivity index (χ2n) is 4.72. The molecule has 0 spiro atoms. The van der Waals surface area contributed by atoms with Gasteiger partial charge >= 0.3 is 12.5 Å². The Kier molecular flexibility index (Phi) is 7.39. The Morgan fingerprint density at radius 2 is 1.73 bits per heavy atom. The van der Waals surface area contributed by atoms with E-state index in [2.05, 4.69) is 9.47 Å². The number of carbonyl (C=O) groups excluding carboxylic acids is 2. The maximum absolute atomic E-state index is 12.5. The first-order chi connectivity index (χ1) is 12.0. The predicted octanol–water partition coefficient (Wildman–Crippen LogP) is 1.87. The number of hydrogen-bond donors (Lipinski definition) is 1. The van der Waals surface area contributed by atoms with Gasteiger partial charge in [-0.1, -0.05) is 6.92 Å². The van der Waals surface area contributed by atoms with Crippen LogP contribution in [0.3, 0.4) is 0 Å². The number of imide groups is 1. The van der Waals surface area contributed by atoms with Crippen molar-refractivity contribution in [3.8, 4) is 5.75 Å². The molecular formula is C14H17F3N2O6S. The van der Waals surface area contributed by atoms with Crippen LogP contribution in [0.2, 0.25) is 0 Å². The lowest BCUT2D eigenvalue weighted by molar-refractivity contribution is -0.274. The number of hydrogen-bond acceptors (Lipinski definition) is 6. The molecule has 1 aromatic carbocycles. The third-order valence-corrected chi connectivity index (χ3v) is 4.82.